The smallest absolute Gasteiger partial charge is 0.230 e. The molecule has 1 amide bonds. The standard InChI is InChI=1S/C14H15FN4O3S2/c15-11-4-2-1-3-10(11)13-17-14(19-18-13)23-7-12(20)16-9-5-6-24(21,22)8-9/h1-4,9H,5-8H2,(H,16,20)(H,17,18,19)/t9-/m1/s1. The van der Waals surface area contributed by atoms with E-state index in [0.29, 0.717) is 17.1 Å². The van der Waals surface area contributed by atoms with Gasteiger partial charge in [0.25, 0.3) is 0 Å². The molecular formula is C14H15FN4O3S2. The van der Waals surface area contributed by atoms with E-state index in [1.165, 1.54) is 6.07 Å². The van der Waals surface area contributed by atoms with E-state index in [4.69, 9.17) is 0 Å². The van der Waals surface area contributed by atoms with Crippen LogP contribution in [0.15, 0.2) is 29.4 Å². The molecule has 1 fully saturated rings. The number of hydrogen-bond donors (Lipinski definition) is 2. The van der Waals surface area contributed by atoms with Gasteiger partial charge in [-0.25, -0.2) is 17.8 Å². The summed E-state index contributed by atoms with van der Waals surface area (Å²) in [7, 11) is -3.03. The molecule has 1 aliphatic rings. The van der Waals surface area contributed by atoms with Gasteiger partial charge >= 0.3 is 0 Å². The van der Waals surface area contributed by atoms with Crippen molar-refractivity contribution < 1.29 is 17.6 Å². The number of halogens is 1. The highest BCUT2D eigenvalue weighted by Crippen LogP contribution is 2.21. The van der Waals surface area contributed by atoms with Crippen molar-refractivity contribution in [3.8, 4) is 11.4 Å². The molecule has 0 saturated carbocycles. The van der Waals surface area contributed by atoms with Crippen molar-refractivity contribution in [2.24, 2.45) is 0 Å². The number of nitrogens with zero attached hydrogens (tertiary/aromatic N) is 2. The fourth-order valence-corrected chi connectivity index (χ4v) is 4.68. The minimum Gasteiger partial charge on any atom is -0.352 e. The third kappa shape index (κ3) is 4.12. The van der Waals surface area contributed by atoms with Crippen LogP contribution in [0, 0.1) is 5.82 Å². The number of nitrogens with one attached hydrogen (secondary N) is 2. The SMILES string of the molecule is O=C(CSc1n[nH]c(-c2ccccc2F)n1)N[C@@H]1CCS(=O)(=O)C1. The number of benzene rings is 1. The number of aromatic nitrogens is 3. The monoisotopic (exact) mass is 370 g/mol. The van der Waals surface area contributed by atoms with Crippen LogP contribution in [0.4, 0.5) is 4.39 Å². The van der Waals surface area contributed by atoms with Crippen molar-refractivity contribution >= 4 is 27.5 Å². The molecule has 128 valence electrons. The highest BCUT2D eigenvalue weighted by molar-refractivity contribution is 7.99. The van der Waals surface area contributed by atoms with Gasteiger partial charge in [0.2, 0.25) is 11.1 Å². The minimum atomic E-state index is -3.03. The largest absolute Gasteiger partial charge is 0.352 e. The lowest BCUT2D eigenvalue weighted by Crippen LogP contribution is -2.36. The van der Waals surface area contributed by atoms with E-state index < -0.39 is 15.7 Å². The molecular weight excluding hydrogens is 355 g/mol. The zero-order chi connectivity index (χ0) is 17.2. The lowest BCUT2D eigenvalue weighted by molar-refractivity contribution is -0.119. The molecule has 2 N–H and O–H groups in total. The third-order valence-electron chi connectivity index (χ3n) is 3.52. The molecule has 0 bridgehead atoms. The molecule has 24 heavy (non-hydrogen) atoms. The van der Waals surface area contributed by atoms with Gasteiger partial charge < -0.3 is 5.32 Å². The van der Waals surface area contributed by atoms with E-state index in [1.54, 1.807) is 18.2 Å². The average Bonchev–Trinajstić information content (AvgIpc) is 3.12. The Balaban J connectivity index is 1.54. The molecule has 10 heteroatoms. The van der Waals surface area contributed by atoms with Gasteiger partial charge in [-0.1, -0.05) is 23.9 Å². The van der Waals surface area contributed by atoms with E-state index in [2.05, 4.69) is 20.5 Å². The van der Waals surface area contributed by atoms with E-state index in [9.17, 15) is 17.6 Å². The highest BCUT2D eigenvalue weighted by Gasteiger charge is 2.28. The number of sulfone groups is 1. The van der Waals surface area contributed by atoms with Crippen molar-refractivity contribution in [1.29, 1.82) is 0 Å². The van der Waals surface area contributed by atoms with Gasteiger partial charge in [0.1, 0.15) is 5.82 Å². The average molecular weight is 370 g/mol. The third-order valence-corrected chi connectivity index (χ3v) is 6.14. The van der Waals surface area contributed by atoms with Crippen molar-refractivity contribution in [2.45, 2.75) is 17.6 Å². The quantitative estimate of drug-likeness (QED) is 0.761. The molecule has 0 aliphatic carbocycles. The maximum atomic E-state index is 13.7. The molecule has 2 heterocycles. The Hall–Kier alpha value is -1.94. The zero-order valence-electron chi connectivity index (χ0n) is 12.5. The Bertz CT molecular complexity index is 853. The Kier molecular flexibility index (Phi) is 4.86. The Morgan fingerprint density at radius 1 is 1.42 bits per heavy atom. The first-order valence-electron chi connectivity index (χ1n) is 7.23. The van der Waals surface area contributed by atoms with Gasteiger partial charge in [-0.05, 0) is 18.6 Å². The molecule has 0 radical (unpaired) electrons. The molecule has 3 rings (SSSR count). The number of H-pyrrole nitrogens is 1. The van der Waals surface area contributed by atoms with Crippen LogP contribution < -0.4 is 5.32 Å². The van der Waals surface area contributed by atoms with E-state index in [0.717, 1.165) is 11.8 Å². The van der Waals surface area contributed by atoms with Crippen LogP contribution in [0.2, 0.25) is 0 Å². The van der Waals surface area contributed by atoms with E-state index in [1.807, 2.05) is 0 Å². The topological polar surface area (TPSA) is 105 Å². The van der Waals surface area contributed by atoms with Crippen molar-refractivity contribution in [3.05, 3.63) is 30.1 Å². The number of rotatable bonds is 5. The van der Waals surface area contributed by atoms with Crippen LogP contribution in [0.25, 0.3) is 11.4 Å². The molecule has 1 atom stereocenters. The number of aromatic amines is 1. The van der Waals surface area contributed by atoms with Gasteiger partial charge in [0, 0.05) is 6.04 Å². The minimum absolute atomic E-state index is 0.0124. The summed E-state index contributed by atoms with van der Waals surface area (Å²) in [6, 6.07) is 5.85. The fourth-order valence-electron chi connectivity index (χ4n) is 2.39. The summed E-state index contributed by atoms with van der Waals surface area (Å²) in [6.07, 6.45) is 0.441. The second-order valence-electron chi connectivity index (χ2n) is 5.40. The first-order valence-corrected chi connectivity index (χ1v) is 10.0. The summed E-state index contributed by atoms with van der Waals surface area (Å²) in [6.45, 7) is 0. The number of thioether (sulfide) groups is 1. The van der Waals surface area contributed by atoms with Crippen LogP contribution in [-0.4, -0.2) is 52.8 Å². The second-order valence-corrected chi connectivity index (χ2v) is 8.57. The second kappa shape index (κ2) is 6.89. The lowest BCUT2D eigenvalue weighted by Gasteiger charge is -2.09. The number of carbonyl (C=O) groups is 1. The van der Waals surface area contributed by atoms with Gasteiger partial charge in [0.05, 0.1) is 22.8 Å². The maximum absolute atomic E-state index is 13.7. The number of hydrogen-bond acceptors (Lipinski definition) is 6. The molecule has 1 aromatic heterocycles. The zero-order valence-corrected chi connectivity index (χ0v) is 14.2. The predicted molar refractivity (Wildman–Crippen MR) is 87.7 cm³/mol. The molecule has 1 aliphatic heterocycles. The summed E-state index contributed by atoms with van der Waals surface area (Å²) in [5, 5.41) is 9.59. The first-order chi connectivity index (χ1) is 11.4. The van der Waals surface area contributed by atoms with Crippen LogP contribution in [0.1, 0.15) is 6.42 Å². The Labute approximate surface area is 142 Å². The molecule has 7 nitrogen and oxygen atoms in total. The van der Waals surface area contributed by atoms with Crippen molar-refractivity contribution in [2.75, 3.05) is 17.3 Å². The summed E-state index contributed by atoms with van der Waals surface area (Å²) >= 11 is 1.10. The lowest BCUT2D eigenvalue weighted by atomic mass is 10.2. The molecule has 0 spiro atoms. The van der Waals surface area contributed by atoms with Gasteiger partial charge in [-0.2, -0.15) is 0 Å². The molecule has 2 aromatic rings. The summed E-state index contributed by atoms with van der Waals surface area (Å²) in [4.78, 5) is 16.0. The van der Waals surface area contributed by atoms with Crippen LogP contribution in [0.5, 0.6) is 0 Å². The van der Waals surface area contributed by atoms with Crippen molar-refractivity contribution in [3.63, 3.8) is 0 Å². The fraction of sp³-hybridized carbons (Fsp3) is 0.357. The molecule has 1 aromatic carbocycles. The molecule has 0 unspecified atom stereocenters. The number of carbonyl (C=O) groups excluding carboxylic acids is 1. The normalized spacial score (nSPS) is 19.3. The van der Waals surface area contributed by atoms with E-state index >= 15 is 0 Å². The maximum Gasteiger partial charge on any atom is 0.230 e. The summed E-state index contributed by atoms with van der Waals surface area (Å²) in [5.41, 5.74) is 0.303. The van der Waals surface area contributed by atoms with Gasteiger partial charge in [0.15, 0.2) is 15.7 Å². The van der Waals surface area contributed by atoms with Gasteiger partial charge in [-0.15, -0.1) is 5.10 Å². The van der Waals surface area contributed by atoms with E-state index in [-0.39, 0.29) is 35.0 Å². The molecule has 1 saturated heterocycles. The Morgan fingerprint density at radius 3 is 2.92 bits per heavy atom. The van der Waals surface area contributed by atoms with Crippen LogP contribution in [-0.2, 0) is 14.6 Å². The van der Waals surface area contributed by atoms with Crippen LogP contribution in [0.3, 0.4) is 0 Å². The highest BCUT2D eigenvalue weighted by atomic mass is 32.2. The van der Waals surface area contributed by atoms with Crippen LogP contribution >= 0.6 is 11.8 Å². The predicted octanol–water partition coefficient (Wildman–Crippen LogP) is 1.01. The van der Waals surface area contributed by atoms with Gasteiger partial charge in [-0.3, -0.25) is 9.89 Å². The summed E-state index contributed by atoms with van der Waals surface area (Å²) < 4.78 is 36.4. The first kappa shape index (κ1) is 16.9. The Morgan fingerprint density at radius 2 is 2.21 bits per heavy atom. The number of amides is 1. The van der Waals surface area contributed by atoms with Crippen molar-refractivity contribution in [1.82, 2.24) is 20.5 Å². The summed E-state index contributed by atoms with van der Waals surface area (Å²) in [5.74, 6) is -0.243.